The maximum absolute atomic E-state index is 9.13. The fraction of sp³-hybridized carbons (Fsp3) is 0. The molecule has 0 amide bonds. The Hall–Kier alpha value is 1.48. The minimum atomic E-state index is -2.66. The van der Waals surface area contributed by atoms with Crippen molar-refractivity contribution >= 4 is 7.59 Å². The molecule has 0 bridgehead atoms. The number of hydrogen-bond acceptors (Lipinski definition) is 2. The van der Waals surface area contributed by atoms with Crippen LogP contribution in [-0.4, -0.2) is 7.59 Å². The Morgan fingerprint density at radius 2 is 1.50 bits per heavy atom. The molecule has 0 heterocycles. The van der Waals surface area contributed by atoms with Crippen LogP contribution in [0.3, 0.4) is 0 Å². The second kappa shape index (κ2) is 2.71. The summed E-state index contributed by atoms with van der Waals surface area (Å²) in [6.07, 6.45) is 0. The molecular formula is AsGdO2. The van der Waals surface area contributed by atoms with Gasteiger partial charge in [-0.05, 0) is 0 Å². The second-order valence-corrected chi connectivity index (χ2v) is 5.36. The van der Waals surface area contributed by atoms with Crippen molar-refractivity contribution in [1.82, 2.24) is 0 Å². The van der Waals surface area contributed by atoms with E-state index in [2.05, 4.69) is 0 Å². The van der Waals surface area contributed by atoms with Gasteiger partial charge >= 0.3 is 49.6 Å². The molecule has 4 heteroatoms. The molecule has 0 saturated carbocycles. The summed E-state index contributed by atoms with van der Waals surface area (Å²) in [5.41, 5.74) is 0. The van der Waals surface area contributed by atoms with Crippen molar-refractivity contribution < 1.29 is 42.0 Å². The first kappa shape index (κ1) is 5.48. The Morgan fingerprint density at radius 3 is 1.50 bits per heavy atom. The van der Waals surface area contributed by atoms with Crippen molar-refractivity contribution in [2.24, 2.45) is 0 Å². The van der Waals surface area contributed by atoms with Crippen molar-refractivity contribution in [3.63, 3.8) is 0 Å². The SMILES string of the molecule is O=[As](=O)[Gd]. The molecule has 0 rings (SSSR count). The predicted octanol–water partition coefficient (Wildman–Crippen LogP) is -0.618. The molecule has 0 aliphatic heterocycles. The van der Waals surface area contributed by atoms with E-state index in [1.54, 1.807) is 0 Å². The Kier molecular flexibility index (Phi) is 3.71. The monoisotopic (exact) mass is 265 g/mol. The van der Waals surface area contributed by atoms with Crippen LogP contribution in [0.4, 0.5) is 0 Å². The third kappa shape index (κ3) is 9.76. The third-order valence-electron chi connectivity index (χ3n) is 0. The minimum absolute atomic E-state index is 1.04. The van der Waals surface area contributed by atoms with Gasteiger partial charge in [0.1, 0.15) is 0 Å². The van der Waals surface area contributed by atoms with Crippen LogP contribution >= 0.6 is 0 Å². The fourth-order valence-electron chi connectivity index (χ4n) is 0. The van der Waals surface area contributed by atoms with Gasteiger partial charge in [0.25, 0.3) is 0 Å². The van der Waals surface area contributed by atoms with Crippen molar-refractivity contribution in [1.29, 1.82) is 0 Å². The molecule has 0 aromatic heterocycles. The topological polar surface area (TPSA) is 34.1 Å². The van der Waals surface area contributed by atoms with Crippen LogP contribution in [0.5, 0.6) is 0 Å². The molecular weight excluding hydrogens is 264 g/mol. The van der Waals surface area contributed by atoms with E-state index in [4.69, 9.17) is 7.48 Å². The Labute approximate surface area is 48.7 Å². The Bertz CT molecular complexity index is 54.4. The summed E-state index contributed by atoms with van der Waals surface area (Å²) in [6, 6.07) is 0. The predicted molar refractivity (Wildman–Crippen MR) is 7.13 cm³/mol. The van der Waals surface area contributed by atoms with Crippen LogP contribution in [0.15, 0.2) is 0 Å². The molecule has 0 aromatic rings. The van der Waals surface area contributed by atoms with Gasteiger partial charge in [-0.3, -0.25) is 0 Å². The average Bonchev–Trinajstić information content (AvgIpc) is 0.811. The molecule has 0 fully saturated rings. The number of hydrogen-bond donors (Lipinski definition) is 0. The second-order valence-electron chi connectivity index (χ2n) is 0.204. The summed E-state index contributed by atoms with van der Waals surface area (Å²) < 4.78 is 18.3. The van der Waals surface area contributed by atoms with Crippen LogP contribution in [0, 0.1) is 34.6 Å². The first-order valence-corrected chi connectivity index (χ1v) is 7.99. The summed E-state index contributed by atoms with van der Waals surface area (Å²) in [4.78, 5) is 0. The molecule has 0 radical (unpaired) electrons. The van der Waals surface area contributed by atoms with Gasteiger partial charge in [0.05, 0.1) is 0 Å². The van der Waals surface area contributed by atoms with Gasteiger partial charge in [0.2, 0.25) is 0 Å². The third-order valence-corrected chi connectivity index (χ3v) is 0. The summed E-state index contributed by atoms with van der Waals surface area (Å²) in [7, 11) is -2.66. The van der Waals surface area contributed by atoms with Gasteiger partial charge in [-0.15, -0.1) is 0 Å². The number of rotatable bonds is 0. The van der Waals surface area contributed by atoms with Crippen LogP contribution in [0.25, 0.3) is 0 Å². The molecule has 0 N–H and O–H groups in total. The first-order valence-electron chi connectivity index (χ1n) is 0.523. The van der Waals surface area contributed by atoms with E-state index in [0.717, 1.165) is 34.6 Å². The van der Waals surface area contributed by atoms with Crippen molar-refractivity contribution in [2.45, 2.75) is 0 Å². The van der Waals surface area contributed by atoms with E-state index >= 15 is 0 Å². The molecule has 0 aromatic carbocycles. The summed E-state index contributed by atoms with van der Waals surface area (Å²) in [5.74, 6) is 0. The van der Waals surface area contributed by atoms with Crippen molar-refractivity contribution in [3.8, 4) is 0 Å². The van der Waals surface area contributed by atoms with Gasteiger partial charge in [0.15, 0.2) is 0 Å². The van der Waals surface area contributed by atoms with Gasteiger partial charge < -0.3 is 0 Å². The van der Waals surface area contributed by atoms with Crippen LogP contribution < -0.4 is 0 Å². The molecule has 2 nitrogen and oxygen atoms in total. The zero-order chi connectivity index (χ0) is 3.58. The van der Waals surface area contributed by atoms with E-state index in [1.165, 1.54) is 0 Å². The molecule has 0 aliphatic carbocycles. The zero-order valence-electron chi connectivity index (χ0n) is 1.62. The van der Waals surface area contributed by atoms with E-state index in [0.29, 0.717) is 0 Å². The zero-order valence-corrected chi connectivity index (χ0v) is 5.76. The molecule has 0 atom stereocenters. The molecule has 4 heavy (non-hydrogen) atoms. The Balaban J connectivity index is 3.51. The first-order chi connectivity index (χ1) is 1.73. The van der Waals surface area contributed by atoms with Crippen LogP contribution in [0.1, 0.15) is 0 Å². The van der Waals surface area contributed by atoms with Gasteiger partial charge in [-0.1, -0.05) is 0 Å². The standard InChI is InChI=1S/AsO2.Gd/c2-1-3;. The molecule has 0 unspecified atom stereocenters. The van der Waals surface area contributed by atoms with E-state index in [9.17, 15) is 0 Å². The van der Waals surface area contributed by atoms with Crippen LogP contribution in [-0.2, 0) is 7.48 Å². The fourth-order valence-corrected chi connectivity index (χ4v) is 0. The summed E-state index contributed by atoms with van der Waals surface area (Å²) in [5, 5.41) is 0. The molecule has 25 valence electrons. The van der Waals surface area contributed by atoms with Crippen LogP contribution in [0.2, 0.25) is 0 Å². The van der Waals surface area contributed by atoms with Gasteiger partial charge in [0, 0.05) is 0 Å². The van der Waals surface area contributed by atoms with Gasteiger partial charge in [-0.25, -0.2) is 0 Å². The molecule has 0 saturated heterocycles. The quantitative estimate of drug-likeness (QED) is 0.547. The Morgan fingerprint density at radius 1 is 1.50 bits per heavy atom. The summed E-state index contributed by atoms with van der Waals surface area (Å²) >= 11 is 1.04. The summed E-state index contributed by atoms with van der Waals surface area (Å²) in [6.45, 7) is 0. The van der Waals surface area contributed by atoms with Crippen molar-refractivity contribution in [3.05, 3.63) is 0 Å². The maximum atomic E-state index is 9.13. The van der Waals surface area contributed by atoms with Crippen molar-refractivity contribution in [2.75, 3.05) is 0 Å². The average molecular weight is 264 g/mol. The van der Waals surface area contributed by atoms with E-state index < -0.39 is 7.59 Å². The molecule has 0 aliphatic rings. The normalized spacial score (nSPS) is 6.25. The molecule has 0 spiro atoms. The van der Waals surface area contributed by atoms with E-state index in [1.807, 2.05) is 0 Å². The van der Waals surface area contributed by atoms with Gasteiger partial charge in [-0.2, -0.15) is 0 Å². The van der Waals surface area contributed by atoms with E-state index in [-0.39, 0.29) is 0 Å².